The quantitative estimate of drug-likeness (QED) is 0.939. The molecule has 0 saturated carbocycles. The van der Waals surface area contributed by atoms with Gasteiger partial charge in [0.1, 0.15) is 0 Å². The van der Waals surface area contributed by atoms with E-state index in [1.807, 2.05) is 67.6 Å². The highest BCUT2D eigenvalue weighted by Gasteiger charge is 2.26. The van der Waals surface area contributed by atoms with Crippen molar-refractivity contribution in [1.29, 1.82) is 0 Å². The minimum absolute atomic E-state index is 0.141. The summed E-state index contributed by atoms with van der Waals surface area (Å²) in [6, 6.07) is 19.5. The third-order valence-electron chi connectivity index (χ3n) is 3.79. The second kappa shape index (κ2) is 7.64. The molecule has 3 rings (SSSR count). The Kier molecular flexibility index (Phi) is 5.11. The number of urea groups is 1. The molecule has 0 aliphatic carbocycles. The average molecular weight is 323 g/mol. The molecule has 1 aliphatic heterocycles. The summed E-state index contributed by atoms with van der Waals surface area (Å²) in [6.45, 7) is 3.04. The SMILES string of the molecule is CC1CCOC(N(C(=O)NCc2ccccc2)c2ccccc2)=N1. The highest BCUT2D eigenvalue weighted by Crippen LogP contribution is 2.18. The number of amides is 2. The van der Waals surface area contributed by atoms with Crippen LogP contribution in [0.15, 0.2) is 65.7 Å². The highest BCUT2D eigenvalue weighted by molar-refractivity contribution is 6.13. The number of benzene rings is 2. The van der Waals surface area contributed by atoms with E-state index in [-0.39, 0.29) is 12.1 Å². The van der Waals surface area contributed by atoms with Crippen LogP contribution in [0.2, 0.25) is 0 Å². The lowest BCUT2D eigenvalue weighted by Gasteiger charge is -2.27. The molecule has 1 atom stereocenters. The second-order valence-electron chi connectivity index (χ2n) is 5.71. The lowest BCUT2D eigenvalue weighted by Crippen LogP contribution is -2.46. The molecule has 24 heavy (non-hydrogen) atoms. The van der Waals surface area contributed by atoms with E-state index in [9.17, 15) is 4.79 Å². The van der Waals surface area contributed by atoms with Gasteiger partial charge in [0.15, 0.2) is 0 Å². The number of rotatable bonds is 3. The molecule has 2 aromatic carbocycles. The number of anilines is 1. The molecule has 1 N–H and O–H groups in total. The minimum atomic E-state index is -0.252. The van der Waals surface area contributed by atoms with Gasteiger partial charge in [-0.15, -0.1) is 0 Å². The van der Waals surface area contributed by atoms with Crippen LogP contribution in [-0.4, -0.2) is 24.7 Å². The number of amidine groups is 1. The number of hydrogen-bond donors (Lipinski definition) is 1. The van der Waals surface area contributed by atoms with E-state index in [0.717, 1.165) is 17.7 Å². The normalized spacial score (nSPS) is 16.7. The van der Waals surface area contributed by atoms with Crippen molar-refractivity contribution >= 4 is 17.7 Å². The molecule has 1 aliphatic rings. The largest absolute Gasteiger partial charge is 0.464 e. The number of nitrogens with zero attached hydrogens (tertiary/aromatic N) is 2. The molecule has 5 heteroatoms. The van der Waals surface area contributed by atoms with E-state index in [2.05, 4.69) is 10.3 Å². The number of carbonyl (C=O) groups is 1. The Labute approximate surface area is 142 Å². The van der Waals surface area contributed by atoms with Crippen molar-refractivity contribution in [2.45, 2.75) is 25.9 Å². The molecule has 1 unspecified atom stereocenters. The summed E-state index contributed by atoms with van der Waals surface area (Å²) in [5, 5.41) is 2.94. The summed E-state index contributed by atoms with van der Waals surface area (Å²) in [5.74, 6) is 0. The molecular weight excluding hydrogens is 302 g/mol. The smallest absolute Gasteiger partial charge is 0.330 e. The third-order valence-corrected chi connectivity index (χ3v) is 3.79. The molecule has 0 aromatic heterocycles. The van der Waals surface area contributed by atoms with Crippen molar-refractivity contribution in [2.75, 3.05) is 11.5 Å². The van der Waals surface area contributed by atoms with Crippen molar-refractivity contribution in [2.24, 2.45) is 4.99 Å². The topological polar surface area (TPSA) is 53.9 Å². The van der Waals surface area contributed by atoms with Crippen LogP contribution in [-0.2, 0) is 11.3 Å². The fourth-order valence-electron chi connectivity index (χ4n) is 2.48. The lowest BCUT2D eigenvalue weighted by molar-refractivity contribution is 0.237. The molecule has 2 aromatic rings. The molecule has 2 amide bonds. The van der Waals surface area contributed by atoms with E-state index in [1.54, 1.807) is 0 Å². The second-order valence-corrected chi connectivity index (χ2v) is 5.71. The summed E-state index contributed by atoms with van der Waals surface area (Å²) in [7, 11) is 0. The average Bonchev–Trinajstić information content (AvgIpc) is 2.62. The Morgan fingerprint density at radius 1 is 1.17 bits per heavy atom. The fraction of sp³-hybridized carbons (Fsp3) is 0.263. The van der Waals surface area contributed by atoms with Crippen LogP contribution in [0.3, 0.4) is 0 Å². The van der Waals surface area contributed by atoms with Crippen molar-refractivity contribution in [3.63, 3.8) is 0 Å². The van der Waals surface area contributed by atoms with Crippen LogP contribution >= 0.6 is 0 Å². The molecule has 0 bridgehead atoms. The number of aliphatic imine (C=N–C) groups is 1. The van der Waals surface area contributed by atoms with Gasteiger partial charge >= 0.3 is 12.1 Å². The van der Waals surface area contributed by atoms with Crippen molar-refractivity contribution in [3.05, 3.63) is 66.2 Å². The number of nitrogens with one attached hydrogen (secondary N) is 1. The van der Waals surface area contributed by atoms with Crippen molar-refractivity contribution in [1.82, 2.24) is 5.32 Å². The molecule has 1 heterocycles. The first-order valence-corrected chi connectivity index (χ1v) is 8.11. The third kappa shape index (κ3) is 3.93. The molecule has 124 valence electrons. The molecule has 5 nitrogen and oxygen atoms in total. The number of para-hydroxylation sites is 1. The minimum Gasteiger partial charge on any atom is -0.464 e. The van der Waals surface area contributed by atoms with Gasteiger partial charge in [-0.25, -0.2) is 14.7 Å². The van der Waals surface area contributed by atoms with Gasteiger partial charge in [-0.3, -0.25) is 0 Å². The van der Waals surface area contributed by atoms with Gasteiger partial charge in [0.25, 0.3) is 0 Å². The van der Waals surface area contributed by atoms with E-state index in [0.29, 0.717) is 19.2 Å². The zero-order chi connectivity index (χ0) is 16.8. The summed E-state index contributed by atoms with van der Waals surface area (Å²) in [6.07, 6.45) is 0.859. The van der Waals surface area contributed by atoms with Crippen molar-refractivity contribution < 1.29 is 9.53 Å². The monoisotopic (exact) mass is 323 g/mol. The summed E-state index contributed by atoms with van der Waals surface area (Å²) < 4.78 is 5.65. The molecule has 0 radical (unpaired) electrons. The predicted molar refractivity (Wildman–Crippen MR) is 95.1 cm³/mol. The van der Waals surface area contributed by atoms with Crippen LogP contribution in [0.5, 0.6) is 0 Å². The van der Waals surface area contributed by atoms with Crippen LogP contribution in [0, 0.1) is 0 Å². The number of carbonyl (C=O) groups excluding carboxylic acids is 1. The van der Waals surface area contributed by atoms with Gasteiger partial charge in [-0.2, -0.15) is 0 Å². The Balaban J connectivity index is 1.80. The Morgan fingerprint density at radius 3 is 2.50 bits per heavy atom. The van der Waals surface area contributed by atoms with E-state index in [1.165, 1.54) is 4.90 Å². The first-order chi connectivity index (χ1) is 11.7. The number of ether oxygens (including phenoxy) is 1. The lowest BCUT2D eigenvalue weighted by atomic mass is 10.2. The molecule has 0 spiro atoms. The number of hydrogen-bond acceptors (Lipinski definition) is 3. The van der Waals surface area contributed by atoms with E-state index in [4.69, 9.17) is 4.74 Å². The van der Waals surface area contributed by atoms with Crippen LogP contribution < -0.4 is 10.2 Å². The van der Waals surface area contributed by atoms with Gasteiger partial charge in [-0.05, 0) is 24.6 Å². The zero-order valence-corrected chi connectivity index (χ0v) is 13.7. The Morgan fingerprint density at radius 2 is 1.83 bits per heavy atom. The first-order valence-electron chi connectivity index (χ1n) is 8.11. The van der Waals surface area contributed by atoms with Gasteiger partial charge < -0.3 is 10.1 Å². The standard InChI is InChI=1S/C19H21N3O2/c1-15-12-13-24-19(21-15)22(17-10-6-3-7-11-17)18(23)20-14-16-8-4-2-5-9-16/h2-11,15H,12-14H2,1H3,(H,20,23). The van der Waals surface area contributed by atoms with Crippen LogP contribution in [0.4, 0.5) is 10.5 Å². The maximum absolute atomic E-state index is 12.8. The summed E-state index contributed by atoms with van der Waals surface area (Å²) >= 11 is 0. The first kappa shape index (κ1) is 16.1. The van der Waals surface area contributed by atoms with Gasteiger partial charge in [0.2, 0.25) is 0 Å². The van der Waals surface area contributed by atoms with Crippen molar-refractivity contribution in [3.8, 4) is 0 Å². The highest BCUT2D eigenvalue weighted by atomic mass is 16.5. The molecular formula is C19H21N3O2. The van der Waals surface area contributed by atoms with Gasteiger partial charge in [0, 0.05) is 13.0 Å². The van der Waals surface area contributed by atoms with Crippen LogP contribution in [0.25, 0.3) is 0 Å². The fourth-order valence-corrected chi connectivity index (χ4v) is 2.48. The summed E-state index contributed by atoms with van der Waals surface area (Å²) in [4.78, 5) is 18.8. The summed E-state index contributed by atoms with van der Waals surface area (Å²) in [5.41, 5.74) is 1.77. The maximum Gasteiger partial charge on any atom is 0.330 e. The molecule has 0 saturated heterocycles. The van der Waals surface area contributed by atoms with Crippen LogP contribution in [0.1, 0.15) is 18.9 Å². The van der Waals surface area contributed by atoms with Gasteiger partial charge in [-0.1, -0.05) is 48.5 Å². The van der Waals surface area contributed by atoms with E-state index >= 15 is 0 Å². The zero-order valence-electron chi connectivity index (χ0n) is 13.7. The Hall–Kier alpha value is -2.82. The van der Waals surface area contributed by atoms with Gasteiger partial charge in [0.05, 0.1) is 18.3 Å². The predicted octanol–water partition coefficient (Wildman–Crippen LogP) is 3.57. The molecule has 0 fully saturated rings. The van der Waals surface area contributed by atoms with E-state index < -0.39 is 0 Å². The maximum atomic E-state index is 12.8. The Bertz CT molecular complexity index is 701.